The number of β-amino-alcohol motifs (C(OH)–C–C–N with tert-alkyl or cyclic N) is 1. The highest BCUT2D eigenvalue weighted by Crippen LogP contribution is 2.40. The Bertz CT molecular complexity index is 1260. The minimum absolute atomic E-state index is 0.170. The molecular formula is C25H31N7O. The Morgan fingerprint density at radius 3 is 2.70 bits per heavy atom. The van der Waals surface area contributed by atoms with E-state index in [1.54, 1.807) is 0 Å². The highest BCUT2D eigenvalue weighted by molar-refractivity contribution is 5.77. The zero-order valence-electron chi connectivity index (χ0n) is 19.6. The Balaban J connectivity index is 1.41. The van der Waals surface area contributed by atoms with Crippen molar-refractivity contribution in [2.75, 3.05) is 29.4 Å². The van der Waals surface area contributed by atoms with Crippen molar-refractivity contribution in [3.05, 3.63) is 46.7 Å². The zero-order valence-corrected chi connectivity index (χ0v) is 19.6. The maximum atomic E-state index is 9.71. The van der Waals surface area contributed by atoms with E-state index in [0.717, 1.165) is 66.6 Å². The van der Waals surface area contributed by atoms with E-state index in [2.05, 4.69) is 42.0 Å². The highest BCUT2D eigenvalue weighted by Gasteiger charge is 2.32. The first kappa shape index (κ1) is 20.6. The van der Waals surface area contributed by atoms with Crippen LogP contribution < -0.4 is 9.80 Å². The maximum absolute atomic E-state index is 9.71. The normalized spacial score (nSPS) is 21.2. The summed E-state index contributed by atoms with van der Waals surface area (Å²) in [6, 6.07) is 2.30. The zero-order chi connectivity index (χ0) is 22.7. The molecule has 6 rings (SSSR count). The molecule has 1 unspecified atom stereocenters. The highest BCUT2D eigenvalue weighted by atomic mass is 16.3. The molecule has 0 radical (unpaired) electrons. The Labute approximate surface area is 194 Å². The fourth-order valence-corrected chi connectivity index (χ4v) is 5.56. The molecule has 3 aromatic heterocycles. The molecule has 0 aromatic carbocycles. The van der Waals surface area contributed by atoms with Crippen molar-refractivity contribution in [3.63, 3.8) is 0 Å². The van der Waals surface area contributed by atoms with Crippen LogP contribution >= 0.6 is 0 Å². The first-order valence-electron chi connectivity index (χ1n) is 12.1. The van der Waals surface area contributed by atoms with Crippen molar-refractivity contribution < 1.29 is 5.11 Å². The van der Waals surface area contributed by atoms with E-state index in [0.29, 0.717) is 13.1 Å². The van der Waals surface area contributed by atoms with Gasteiger partial charge in [0.15, 0.2) is 5.65 Å². The molecule has 8 heteroatoms. The molecule has 3 aliphatic rings. The van der Waals surface area contributed by atoms with E-state index in [4.69, 9.17) is 20.1 Å². The average molecular weight is 446 g/mol. The van der Waals surface area contributed by atoms with Crippen molar-refractivity contribution >= 4 is 22.9 Å². The molecule has 0 bridgehead atoms. The van der Waals surface area contributed by atoms with E-state index in [1.807, 2.05) is 11.4 Å². The second-order valence-electron chi connectivity index (χ2n) is 9.73. The SMILES string of the molecule is CC1=CCCc2nc(C)nc(N3CCCCC3c3cc4nc(N5CC(O)C5)c(C)cn4n3)c21. The number of fused-ring (bicyclic) bond motifs is 2. The molecule has 0 spiro atoms. The van der Waals surface area contributed by atoms with E-state index < -0.39 is 0 Å². The predicted molar refractivity (Wildman–Crippen MR) is 129 cm³/mol. The summed E-state index contributed by atoms with van der Waals surface area (Å²) >= 11 is 0. The van der Waals surface area contributed by atoms with Crippen LogP contribution in [0, 0.1) is 13.8 Å². The van der Waals surface area contributed by atoms with Gasteiger partial charge in [-0.1, -0.05) is 6.08 Å². The second kappa shape index (κ2) is 7.80. The van der Waals surface area contributed by atoms with Crippen molar-refractivity contribution in [2.45, 2.75) is 65.0 Å². The van der Waals surface area contributed by atoms with Gasteiger partial charge in [-0.05, 0) is 58.4 Å². The Morgan fingerprint density at radius 2 is 1.88 bits per heavy atom. The molecule has 1 atom stereocenters. The number of piperidine rings is 1. The van der Waals surface area contributed by atoms with Crippen LogP contribution in [0.25, 0.3) is 11.2 Å². The third kappa shape index (κ3) is 3.47. The molecule has 3 aromatic rings. The summed E-state index contributed by atoms with van der Waals surface area (Å²) in [5, 5.41) is 14.7. The van der Waals surface area contributed by atoms with Gasteiger partial charge >= 0.3 is 0 Å². The summed E-state index contributed by atoms with van der Waals surface area (Å²) in [5.74, 6) is 2.85. The smallest absolute Gasteiger partial charge is 0.157 e. The topological polar surface area (TPSA) is 82.7 Å². The lowest BCUT2D eigenvalue weighted by molar-refractivity contribution is 0.141. The van der Waals surface area contributed by atoms with Crippen LogP contribution in [-0.4, -0.2) is 55.4 Å². The Hall–Kier alpha value is -3.00. The molecule has 1 aliphatic carbocycles. The summed E-state index contributed by atoms with van der Waals surface area (Å²) < 4.78 is 1.91. The molecule has 8 nitrogen and oxygen atoms in total. The van der Waals surface area contributed by atoms with Crippen LogP contribution in [0.2, 0.25) is 0 Å². The summed E-state index contributed by atoms with van der Waals surface area (Å²) in [6.07, 6.45) is 9.53. The van der Waals surface area contributed by atoms with Crippen molar-refractivity contribution in [3.8, 4) is 0 Å². The molecule has 2 saturated heterocycles. The third-order valence-corrected chi connectivity index (χ3v) is 7.20. The second-order valence-corrected chi connectivity index (χ2v) is 9.73. The van der Waals surface area contributed by atoms with Crippen LogP contribution in [0.1, 0.15) is 67.0 Å². The van der Waals surface area contributed by atoms with Gasteiger partial charge in [-0.25, -0.2) is 19.5 Å². The number of rotatable bonds is 3. The monoisotopic (exact) mass is 445 g/mol. The standard InChI is InChI=1S/C25H31N7O/c1-15-7-6-8-19-23(15)25(27-17(3)26-19)31-10-5-4-9-21(31)20-11-22-28-24(30-13-18(33)14-30)16(2)12-32(22)29-20/h7,11-12,18,21,33H,4-6,8-10,13-14H2,1-3H3. The first-order chi connectivity index (χ1) is 16.0. The lowest BCUT2D eigenvalue weighted by atomic mass is 9.93. The molecule has 2 fully saturated rings. The Kier molecular flexibility index (Phi) is 4.87. The fourth-order valence-electron chi connectivity index (χ4n) is 5.56. The number of aliphatic hydroxyl groups excluding tert-OH is 1. The van der Waals surface area contributed by atoms with Gasteiger partial charge in [0.25, 0.3) is 0 Å². The van der Waals surface area contributed by atoms with Crippen LogP contribution in [0.3, 0.4) is 0 Å². The molecule has 5 heterocycles. The molecule has 172 valence electrons. The minimum atomic E-state index is -0.251. The third-order valence-electron chi connectivity index (χ3n) is 7.20. The number of nitrogens with zero attached hydrogens (tertiary/aromatic N) is 7. The van der Waals surface area contributed by atoms with Gasteiger partial charge in [0, 0.05) is 43.0 Å². The van der Waals surface area contributed by atoms with Gasteiger partial charge in [-0.15, -0.1) is 0 Å². The van der Waals surface area contributed by atoms with Crippen molar-refractivity contribution in [1.29, 1.82) is 0 Å². The van der Waals surface area contributed by atoms with Gasteiger partial charge in [-0.3, -0.25) is 0 Å². The average Bonchev–Trinajstić information content (AvgIpc) is 3.18. The fraction of sp³-hybridized carbons (Fsp3) is 0.520. The summed E-state index contributed by atoms with van der Waals surface area (Å²) in [4.78, 5) is 19.2. The Morgan fingerprint density at radius 1 is 1.03 bits per heavy atom. The largest absolute Gasteiger partial charge is 0.389 e. The molecule has 0 saturated carbocycles. The van der Waals surface area contributed by atoms with E-state index in [1.165, 1.54) is 23.3 Å². The van der Waals surface area contributed by atoms with Gasteiger partial charge in [0.1, 0.15) is 17.5 Å². The van der Waals surface area contributed by atoms with Crippen molar-refractivity contribution in [2.24, 2.45) is 0 Å². The summed E-state index contributed by atoms with van der Waals surface area (Å²) in [6.45, 7) is 8.51. The number of anilines is 2. The van der Waals surface area contributed by atoms with Gasteiger partial charge in [0.2, 0.25) is 0 Å². The number of hydrogen-bond donors (Lipinski definition) is 1. The van der Waals surface area contributed by atoms with Gasteiger partial charge in [-0.2, -0.15) is 5.10 Å². The van der Waals surface area contributed by atoms with E-state index in [-0.39, 0.29) is 12.1 Å². The van der Waals surface area contributed by atoms with Gasteiger partial charge < -0.3 is 14.9 Å². The maximum Gasteiger partial charge on any atom is 0.157 e. The summed E-state index contributed by atoms with van der Waals surface area (Å²) in [5.41, 5.74) is 6.65. The molecular weight excluding hydrogens is 414 g/mol. The van der Waals surface area contributed by atoms with Crippen LogP contribution in [0.4, 0.5) is 11.6 Å². The van der Waals surface area contributed by atoms with E-state index in [9.17, 15) is 5.11 Å². The van der Waals surface area contributed by atoms with Crippen LogP contribution in [0.5, 0.6) is 0 Å². The quantitative estimate of drug-likeness (QED) is 0.662. The molecule has 2 aliphatic heterocycles. The number of aromatic nitrogens is 5. The number of allylic oxidation sites excluding steroid dienone is 2. The minimum Gasteiger partial charge on any atom is -0.389 e. The number of aryl methyl sites for hydroxylation is 3. The number of hydrogen-bond acceptors (Lipinski definition) is 7. The van der Waals surface area contributed by atoms with E-state index >= 15 is 0 Å². The lowest BCUT2D eigenvalue weighted by Crippen LogP contribution is -2.51. The van der Waals surface area contributed by atoms with Crippen molar-refractivity contribution in [1.82, 2.24) is 24.6 Å². The lowest BCUT2D eigenvalue weighted by Gasteiger charge is -2.37. The summed E-state index contributed by atoms with van der Waals surface area (Å²) in [7, 11) is 0. The molecule has 1 N–H and O–H groups in total. The van der Waals surface area contributed by atoms with Crippen LogP contribution in [-0.2, 0) is 6.42 Å². The molecule has 0 amide bonds. The van der Waals surface area contributed by atoms with Crippen LogP contribution in [0.15, 0.2) is 18.3 Å². The molecule has 33 heavy (non-hydrogen) atoms. The number of aliphatic hydroxyl groups is 1. The first-order valence-corrected chi connectivity index (χ1v) is 12.1. The predicted octanol–water partition coefficient (Wildman–Crippen LogP) is 3.40. The van der Waals surface area contributed by atoms with Gasteiger partial charge in [0.05, 0.1) is 23.5 Å².